The van der Waals surface area contributed by atoms with Gasteiger partial charge in [-0.1, -0.05) is 38.4 Å². The van der Waals surface area contributed by atoms with Gasteiger partial charge in [0.2, 0.25) is 0 Å². The first kappa shape index (κ1) is 9.86. The Kier molecular flexibility index (Phi) is 3.01. The minimum Gasteiger partial charge on any atom is -0.206 e. The zero-order valence-corrected chi connectivity index (χ0v) is 9.05. The van der Waals surface area contributed by atoms with Gasteiger partial charge in [-0.2, -0.15) is 0 Å². The van der Waals surface area contributed by atoms with E-state index in [9.17, 15) is 8.78 Å². The number of hydrogen-bond donors (Lipinski definition) is 0. The third-order valence-electron chi connectivity index (χ3n) is 1.28. The quantitative estimate of drug-likeness (QED) is 0.732. The second-order valence-corrected chi connectivity index (χ2v) is 4.02. The molecule has 0 saturated carbocycles. The second-order valence-electron chi connectivity index (χ2n) is 2.15. The Balaban J connectivity index is 3.38. The lowest BCUT2D eigenvalue weighted by molar-refractivity contribution is 0.577. The molecule has 0 nitrogen and oxygen atoms in total. The standard InChI is InChI=1S/C8H4Br2F2/c1-4(9)8-6(11)2-5(10)3-7(8)12/h2-3H,1H2. The minimum absolute atomic E-state index is 0.127. The Labute approximate surface area is 85.5 Å². The molecule has 0 aromatic heterocycles. The van der Waals surface area contributed by atoms with Crippen LogP contribution in [0.2, 0.25) is 0 Å². The molecule has 0 aliphatic carbocycles. The van der Waals surface area contributed by atoms with Crippen molar-refractivity contribution in [3.8, 4) is 0 Å². The highest BCUT2D eigenvalue weighted by Gasteiger charge is 2.11. The van der Waals surface area contributed by atoms with E-state index in [1.54, 1.807) is 0 Å². The zero-order valence-electron chi connectivity index (χ0n) is 5.87. The Bertz CT molecular complexity index is 311. The molecule has 0 bridgehead atoms. The summed E-state index contributed by atoms with van der Waals surface area (Å²) in [6.45, 7) is 3.40. The van der Waals surface area contributed by atoms with Crippen LogP contribution in [-0.2, 0) is 0 Å². The first-order chi connectivity index (χ1) is 5.52. The fraction of sp³-hybridized carbons (Fsp3) is 0. The fourth-order valence-electron chi connectivity index (χ4n) is 0.801. The molecular weight excluding hydrogens is 294 g/mol. The van der Waals surface area contributed by atoms with E-state index < -0.39 is 11.6 Å². The molecule has 0 amide bonds. The highest BCUT2D eigenvalue weighted by Crippen LogP contribution is 2.27. The van der Waals surface area contributed by atoms with Gasteiger partial charge in [-0.3, -0.25) is 0 Å². The van der Waals surface area contributed by atoms with Crippen LogP contribution < -0.4 is 0 Å². The van der Waals surface area contributed by atoms with Gasteiger partial charge in [0.1, 0.15) is 11.6 Å². The molecule has 0 heterocycles. The van der Waals surface area contributed by atoms with Crippen LogP contribution in [0.4, 0.5) is 8.78 Å². The van der Waals surface area contributed by atoms with Gasteiger partial charge in [-0.25, -0.2) is 8.78 Å². The van der Waals surface area contributed by atoms with Crippen LogP contribution in [-0.4, -0.2) is 0 Å². The van der Waals surface area contributed by atoms with Crippen molar-refractivity contribution in [2.24, 2.45) is 0 Å². The van der Waals surface area contributed by atoms with Crippen LogP contribution in [0, 0.1) is 11.6 Å². The SMILES string of the molecule is C=C(Br)c1c(F)cc(Br)cc1F. The van der Waals surface area contributed by atoms with Crippen LogP contribution in [0.3, 0.4) is 0 Å². The Morgan fingerprint density at radius 2 is 1.67 bits per heavy atom. The van der Waals surface area contributed by atoms with E-state index >= 15 is 0 Å². The largest absolute Gasteiger partial charge is 0.206 e. The molecule has 0 aliphatic heterocycles. The monoisotopic (exact) mass is 296 g/mol. The van der Waals surface area contributed by atoms with Gasteiger partial charge in [0.15, 0.2) is 0 Å². The van der Waals surface area contributed by atoms with E-state index in [0.717, 1.165) is 0 Å². The highest BCUT2D eigenvalue weighted by molar-refractivity contribution is 9.15. The van der Waals surface area contributed by atoms with Crippen molar-refractivity contribution < 1.29 is 8.78 Å². The molecule has 0 N–H and O–H groups in total. The zero-order chi connectivity index (χ0) is 9.30. The van der Waals surface area contributed by atoms with Crippen LogP contribution in [0.5, 0.6) is 0 Å². The molecule has 1 aromatic carbocycles. The fourth-order valence-corrected chi connectivity index (χ4v) is 1.58. The summed E-state index contributed by atoms with van der Waals surface area (Å²) in [4.78, 5) is 0. The molecule has 0 aliphatic rings. The van der Waals surface area contributed by atoms with Gasteiger partial charge >= 0.3 is 0 Å². The van der Waals surface area contributed by atoms with Crippen molar-refractivity contribution >= 4 is 36.3 Å². The predicted molar refractivity (Wildman–Crippen MR) is 52.0 cm³/mol. The number of hydrogen-bond acceptors (Lipinski definition) is 0. The van der Waals surface area contributed by atoms with Crippen molar-refractivity contribution in [2.75, 3.05) is 0 Å². The van der Waals surface area contributed by atoms with Gasteiger partial charge in [0.25, 0.3) is 0 Å². The van der Waals surface area contributed by atoms with Gasteiger partial charge in [-0.15, -0.1) is 0 Å². The van der Waals surface area contributed by atoms with E-state index in [-0.39, 0.29) is 10.0 Å². The van der Waals surface area contributed by atoms with Gasteiger partial charge in [-0.05, 0) is 12.1 Å². The first-order valence-electron chi connectivity index (χ1n) is 3.01. The summed E-state index contributed by atoms with van der Waals surface area (Å²) in [7, 11) is 0. The third-order valence-corrected chi connectivity index (χ3v) is 2.13. The number of rotatable bonds is 1. The number of halogens is 4. The summed E-state index contributed by atoms with van der Waals surface area (Å²) in [5.74, 6) is -1.27. The van der Waals surface area contributed by atoms with Crippen molar-refractivity contribution in [3.63, 3.8) is 0 Å². The van der Waals surface area contributed by atoms with Crippen LogP contribution in [0.15, 0.2) is 23.2 Å². The molecule has 0 saturated heterocycles. The van der Waals surface area contributed by atoms with Crippen molar-refractivity contribution in [1.82, 2.24) is 0 Å². The molecular formula is C8H4Br2F2. The maximum atomic E-state index is 13.0. The van der Waals surface area contributed by atoms with Gasteiger partial charge in [0, 0.05) is 8.96 Å². The van der Waals surface area contributed by atoms with Gasteiger partial charge in [0.05, 0.1) is 5.56 Å². The smallest absolute Gasteiger partial charge is 0.135 e. The highest BCUT2D eigenvalue weighted by atomic mass is 79.9. The molecule has 64 valence electrons. The third kappa shape index (κ3) is 1.93. The van der Waals surface area contributed by atoms with Crippen molar-refractivity contribution in [2.45, 2.75) is 0 Å². The summed E-state index contributed by atoms with van der Waals surface area (Å²) in [5, 5.41) is 0. The Morgan fingerprint density at radius 3 is 2.00 bits per heavy atom. The maximum absolute atomic E-state index is 13.0. The van der Waals surface area contributed by atoms with Crippen molar-refractivity contribution in [1.29, 1.82) is 0 Å². The second kappa shape index (κ2) is 3.66. The van der Waals surface area contributed by atoms with Crippen LogP contribution >= 0.6 is 31.9 Å². The minimum atomic E-state index is -0.635. The topological polar surface area (TPSA) is 0 Å². The summed E-state index contributed by atoms with van der Waals surface area (Å²) in [6, 6.07) is 2.37. The van der Waals surface area contributed by atoms with Gasteiger partial charge < -0.3 is 0 Å². The lowest BCUT2D eigenvalue weighted by Gasteiger charge is -2.02. The molecule has 0 unspecified atom stereocenters. The summed E-state index contributed by atoms with van der Waals surface area (Å²) >= 11 is 5.89. The average molecular weight is 298 g/mol. The van der Waals surface area contributed by atoms with Crippen molar-refractivity contribution in [3.05, 3.63) is 40.4 Å². The molecule has 0 fully saturated rings. The Morgan fingerprint density at radius 1 is 1.25 bits per heavy atom. The van der Waals surface area contributed by atoms with Crippen LogP contribution in [0.25, 0.3) is 4.48 Å². The number of benzene rings is 1. The molecule has 12 heavy (non-hydrogen) atoms. The normalized spacial score (nSPS) is 10.0. The lowest BCUT2D eigenvalue weighted by Crippen LogP contribution is -1.90. The van der Waals surface area contributed by atoms with Crippen LogP contribution in [0.1, 0.15) is 5.56 Å². The summed E-state index contributed by atoms with van der Waals surface area (Å²) < 4.78 is 26.6. The molecule has 1 aromatic rings. The molecule has 1 rings (SSSR count). The summed E-state index contributed by atoms with van der Waals surface area (Å²) in [6.07, 6.45) is 0. The molecule has 0 radical (unpaired) electrons. The van der Waals surface area contributed by atoms with E-state index in [2.05, 4.69) is 38.4 Å². The predicted octanol–water partition coefficient (Wildman–Crippen LogP) is 4.09. The van der Waals surface area contributed by atoms with E-state index in [1.165, 1.54) is 12.1 Å². The van der Waals surface area contributed by atoms with E-state index in [4.69, 9.17) is 0 Å². The maximum Gasteiger partial charge on any atom is 0.135 e. The first-order valence-corrected chi connectivity index (χ1v) is 4.60. The lowest BCUT2D eigenvalue weighted by atomic mass is 10.2. The van der Waals surface area contributed by atoms with E-state index in [0.29, 0.717) is 4.47 Å². The molecule has 0 spiro atoms. The summed E-state index contributed by atoms with van der Waals surface area (Å²) in [5.41, 5.74) is -0.127. The average Bonchev–Trinajstić information content (AvgIpc) is 1.82. The molecule has 0 atom stereocenters. The van der Waals surface area contributed by atoms with E-state index in [1.807, 2.05) is 0 Å². The Hall–Kier alpha value is -0.220. The molecule has 4 heteroatoms.